The Balaban J connectivity index is 1.46. The van der Waals surface area contributed by atoms with E-state index in [0.29, 0.717) is 18.7 Å². The van der Waals surface area contributed by atoms with Crippen LogP contribution >= 0.6 is 31.9 Å². The number of carboxylic acid groups (broad SMARTS) is 1. The van der Waals surface area contributed by atoms with E-state index in [4.69, 9.17) is 4.42 Å². The fraction of sp³-hybridized carbons (Fsp3) is 0.136. The van der Waals surface area contributed by atoms with Crippen molar-refractivity contribution in [2.24, 2.45) is 0 Å². The minimum Gasteiger partial charge on any atom is -0.480 e. The van der Waals surface area contributed by atoms with Gasteiger partial charge < -0.3 is 14.5 Å². The first-order valence-electron chi connectivity index (χ1n) is 9.06. The molecule has 1 unspecified atom stereocenters. The van der Waals surface area contributed by atoms with E-state index in [9.17, 15) is 9.90 Å². The fourth-order valence-corrected chi connectivity index (χ4v) is 4.54. The van der Waals surface area contributed by atoms with Crippen LogP contribution in [0.4, 0.5) is 0 Å². The van der Waals surface area contributed by atoms with Crippen LogP contribution in [0.1, 0.15) is 11.3 Å². The van der Waals surface area contributed by atoms with Gasteiger partial charge in [0, 0.05) is 38.0 Å². The zero-order valence-electron chi connectivity index (χ0n) is 15.3. The standard InChI is InChI=1S/C22H18Br2N2O3/c23-14-5-7-17(18(24)10-14)21-8-6-15(29-21)12-26-20(22(27)28)9-13-11-25-19-4-2-1-3-16(13)19/h1-8,10-11,20,25-26H,9,12H2,(H,27,28). The van der Waals surface area contributed by atoms with Crippen LogP contribution in [0.5, 0.6) is 0 Å². The highest BCUT2D eigenvalue weighted by molar-refractivity contribution is 9.11. The number of aliphatic carboxylic acids is 1. The average Bonchev–Trinajstić information content (AvgIpc) is 3.32. The second-order valence-corrected chi connectivity index (χ2v) is 8.50. The van der Waals surface area contributed by atoms with Crippen LogP contribution in [0, 0.1) is 0 Å². The lowest BCUT2D eigenvalue weighted by molar-refractivity contribution is -0.139. The summed E-state index contributed by atoms with van der Waals surface area (Å²) in [7, 11) is 0. The van der Waals surface area contributed by atoms with Crippen molar-refractivity contribution in [2.75, 3.05) is 0 Å². The minimum absolute atomic E-state index is 0.327. The Bertz CT molecular complexity index is 1170. The summed E-state index contributed by atoms with van der Waals surface area (Å²) in [6.45, 7) is 0.327. The van der Waals surface area contributed by atoms with Gasteiger partial charge in [0.25, 0.3) is 0 Å². The molecular formula is C22H18Br2N2O3. The highest BCUT2D eigenvalue weighted by Gasteiger charge is 2.20. The highest BCUT2D eigenvalue weighted by Crippen LogP contribution is 2.32. The average molecular weight is 518 g/mol. The van der Waals surface area contributed by atoms with Crippen LogP contribution in [-0.2, 0) is 17.8 Å². The lowest BCUT2D eigenvalue weighted by Crippen LogP contribution is -2.37. The van der Waals surface area contributed by atoms with Crippen molar-refractivity contribution < 1.29 is 14.3 Å². The van der Waals surface area contributed by atoms with Crippen LogP contribution in [0.15, 0.2) is 74.2 Å². The molecule has 0 amide bonds. The summed E-state index contributed by atoms with van der Waals surface area (Å²) < 4.78 is 7.81. The quantitative estimate of drug-likeness (QED) is 0.292. The second kappa shape index (κ2) is 8.57. The van der Waals surface area contributed by atoms with Gasteiger partial charge in [0.05, 0.1) is 6.54 Å². The fourth-order valence-electron chi connectivity index (χ4n) is 3.30. The molecule has 0 aliphatic carbocycles. The molecule has 4 aromatic rings. The summed E-state index contributed by atoms with van der Waals surface area (Å²) in [4.78, 5) is 15.0. The normalized spacial score (nSPS) is 12.3. The number of hydrogen-bond donors (Lipinski definition) is 3. The number of carboxylic acids is 1. The maximum absolute atomic E-state index is 11.8. The third-order valence-electron chi connectivity index (χ3n) is 4.78. The van der Waals surface area contributed by atoms with Gasteiger partial charge in [-0.1, -0.05) is 34.1 Å². The highest BCUT2D eigenvalue weighted by atomic mass is 79.9. The predicted molar refractivity (Wildman–Crippen MR) is 120 cm³/mol. The molecule has 0 spiro atoms. The summed E-state index contributed by atoms with van der Waals surface area (Å²) in [5.74, 6) is 0.516. The van der Waals surface area contributed by atoms with Crippen LogP contribution < -0.4 is 5.32 Å². The maximum Gasteiger partial charge on any atom is 0.321 e. The summed E-state index contributed by atoms with van der Waals surface area (Å²) in [5, 5.41) is 13.8. The monoisotopic (exact) mass is 516 g/mol. The zero-order chi connectivity index (χ0) is 20.4. The third-order valence-corrected chi connectivity index (χ3v) is 5.93. The maximum atomic E-state index is 11.8. The van der Waals surface area contributed by atoms with E-state index in [-0.39, 0.29) is 0 Å². The van der Waals surface area contributed by atoms with E-state index in [1.54, 1.807) is 0 Å². The minimum atomic E-state index is -0.891. The first-order chi connectivity index (χ1) is 14.0. The molecule has 29 heavy (non-hydrogen) atoms. The number of nitrogens with one attached hydrogen (secondary N) is 2. The number of aromatic nitrogens is 1. The van der Waals surface area contributed by atoms with Gasteiger partial charge in [0.15, 0.2) is 0 Å². The van der Waals surface area contributed by atoms with Crippen LogP contribution in [0.25, 0.3) is 22.2 Å². The molecule has 7 heteroatoms. The van der Waals surface area contributed by atoms with Crippen LogP contribution in [0.2, 0.25) is 0 Å². The summed E-state index contributed by atoms with van der Waals surface area (Å²) >= 11 is 6.98. The number of carbonyl (C=O) groups is 1. The van der Waals surface area contributed by atoms with Gasteiger partial charge in [-0.15, -0.1) is 0 Å². The Morgan fingerprint density at radius 3 is 2.76 bits per heavy atom. The largest absolute Gasteiger partial charge is 0.480 e. The first kappa shape index (κ1) is 19.9. The van der Waals surface area contributed by atoms with Crippen molar-refractivity contribution in [2.45, 2.75) is 19.0 Å². The summed E-state index contributed by atoms with van der Waals surface area (Å²) in [5.41, 5.74) is 2.91. The third kappa shape index (κ3) is 4.47. The molecule has 0 radical (unpaired) electrons. The summed E-state index contributed by atoms with van der Waals surface area (Å²) in [6, 6.07) is 16.8. The summed E-state index contributed by atoms with van der Waals surface area (Å²) in [6.07, 6.45) is 2.25. The molecule has 0 aliphatic heterocycles. The molecule has 0 saturated carbocycles. The van der Waals surface area contributed by atoms with Gasteiger partial charge in [-0.2, -0.15) is 0 Å². The molecule has 0 bridgehead atoms. The number of furan rings is 1. The van der Waals surface area contributed by atoms with Crippen molar-refractivity contribution in [1.82, 2.24) is 10.3 Å². The predicted octanol–water partition coefficient (Wildman–Crippen LogP) is 5.74. The number of para-hydroxylation sites is 1. The van der Waals surface area contributed by atoms with Crippen molar-refractivity contribution in [1.29, 1.82) is 0 Å². The van der Waals surface area contributed by atoms with E-state index in [2.05, 4.69) is 42.2 Å². The van der Waals surface area contributed by atoms with E-state index >= 15 is 0 Å². The molecule has 0 saturated heterocycles. The second-order valence-electron chi connectivity index (χ2n) is 6.73. The first-order valence-corrected chi connectivity index (χ1v) is 10.6. The Kier molecular flexibility index (Phi) is 5.89. The smallest absolute Gasteiger partial charge is 0.321 e. The Morgan fingerprint density at radius 2 is 1.97 bits per heavy atom. The zero-order valence-corrected chi connectivity index (χ0v) is 18.5. The molecule has 4 rings (SSSR count). The van der Waals surface area contributed by atoms with E-state index in [1.165, 1.54) is 0 Å². The lowest BCUT2D eigenvalue weighted by Gasteiger charge is -2.13. The molecule has 2 aromatic heterocycles. The molecular weight excluding hydrogens is 500 g/mol. The number of benzene rings is 2. The van der Waals surface area contributed by atoms with Crippen LogP contribution in [-0.4, -0.2) is 22.1 Å². The van der Waals surface area contributed by atoms with Gasteiger partial charge in [0.2, 0.25) is 0 Å². The molecule has 148 valence electrons. The number of aromatic amines is 1. The number of H-pyrrole nitrogens is 1. The van der Waals surface area contributed by atoms with Gasteiger partial charge in [-0.05, 0) is 57.9 Å². The Hall–Kier alpha value is -2.35. The molecule has 3 N–H and O–H groups in total. The molecule has 5 nitrogen and oxygen atoms in total. The van der Waals surface area contributed by atoms with Gasteiger partial charge >= 0.3 is 5.97 Å². The van der Waals surface area contributed by atoms with Crippen molar-refractivity contribution in [3.63, 3.8) is 0 Å². The molecule has 0 aliphatic rings. The number of rotatable bonds is 7. The lowest BCUT2D eigenvalue weighted by atomic mass is 10.0. The number of hydrogen-bond acceptors (Lipinski definition) is 3. The molecule has 0 fully saturated rings. The number of halogens is 2. The van der Waals surface area contributed by atoms with Crippen LogP contribution in [0.3, 0.4) is 0 Å². The number of fused-ring (bicyclic) bond motifs is 1. The van der Waals surface area contributed by atoms with Crippen molar-refractivity contribution >= 4 is 48.7 Å². The van der Waals surface area contributed by atoms with E-state index in [0.717, 1.165) is 36.7 Å². The molecule has 1 atom stereocenters. The van der Waals surface area contributed by atoms with Gasteiger partial charge in [0.1, 0.15) is 17.6 Å². The molecule has 2 aromatic carbocycles. The van der Waals surface area contributed by atoms with E-state index in [1.807, 2.05) is 60.8 Å². The SMILES string of the molecule is O=C(O)C(Cc1c[nH]c2ccccc12)NCc1ccc(-c2ccc(Br)cc2Br)o1. The Labute approximate surface area is 184 Å². The molecule has 2 heterocycles. The van der Waals surface area contributed by atoms with E-state index < -0.39 is 12.0 Å². The van der Waals surface area contributed by atoms with Gasteiger partial charge in [-0.3, -0.25) is 10.1 Å². The van der Waals surface area contributed by atoms with Crippen molar-refractivity contribution in [3.8, 4) is 11.3 Å². The van der Waals surface area contributed by atoms with Gasteiger partial charge in [-0.25, -0.2) is 0 Å². The topological polar surface area (TPSA) is 78.3 Å². The van der Waals surface area contributed by atoms with Crippen molar-refractivity contribution in [3.05, 3.63) is 81.1 Å². The Morgan fingerprint density at radius 1 is 1.14 bits per heavy atom.